The van der Waals surface area contributed by atoms with Crippen molar-refractivity contribution in [2.24, 2.45) is 11.3 Å². The van der Waals surface area contributed by atoms with Gasteiger partial charge in [0, 0.05) is 6.54 Å². The van der Waals surface area contributed by atoms with Crippen molar-refractivity contribution in [3.05, 3.63) is 6.07 Å². The third-order valence-corrected chi connectivity index (χ3v) is 4.07. The molecule has 2 rings (SSSR count). The number of methoxy groups -OCH3 is 2. The Kier molecular flexibility index (Phi) is 4.62. The Balaban J connectivity index is 2.22. The van der Waals surface area contributed by atoms with Crippen LogP contribution in [0.25, 0.3) is 0 Å². The molecule has 1 unspecified atom stereocenters. The Morgan fingerprint density at radius 2 is 1.95 bits per heavy atom. The zero-order valence-corrected chi connectivity index (χ0v) is 12.9. The van der Waals surface area contributed by atoms with E-state index in [-0.39, 0.29) is 17.8 Å². The number of anilines is 1. The number of hydrogen-bond acceptors (Lipinski definition) is 6. The molecular formula is C14H22N4O3. The van der Waals surface area contributed by atoms with E-state index in [1.54, 1.807) is 6.07 Å². The van der Waals surface area contributed by atoms with E-state index in [4.69, 9.17) is 9.47 Å². The molecule has 0 spiro atoms. The van der Waals surface area contributed by atoms with E-state index >= 15 is 0 Å². The highest BCUT2D eigenvalue weighted by atomic mass is 16.5. The van der Waals surface area contributed by atoms with E-state index in [0.29, 0.717) is 18.3 Å². The van der Waals surface area contributed by atoms with Gasteiger partial charge in [0.15, 0.2) is 0 Å². The van der Waals surface area contributed by atoms with Gasteiger partial charge in [-0.25, -0.2) is 0 Å². The minimum atomic E-state index is -0.431. The van der Waals surface area contributed by atoms with Gasteiger partial charge < -0.3 is 14.8 Å². The number of nitrogens with one attached hydrogen (secondary N) is 2. The summed E-state index contributed by atoms with van der Waals surface area (Å²) < 4.78 is 10.2. The van der Waals surface area contributed by atoms with Crippen molar-refractivity contribution in [3.8, 4) is 11.8 Å². The molecule has 7 nitrogen and oxygen atoms in total. The summed E-state index contributed by atoms with van der Waals surface area (Å²) in [7, 11) is 3.01. The van der Waals surface area contributed by atoms with Gasteiger partial charge in [0.1, 0.15) is 0 Å². The predicted octanol–water partition coefficient (Wildman–Crippen LogP) is 1.07. The average molecular weight is 294 g/mol. The first kappa shape index (κ1) is 15.5. The van der Waals surface area contributed by atoms with E-state index in [1.807, 2.05) is 0 Å². The molecule has 1 saturated heterocycles. The zero-order valence-electron chi connectivity index (χ0n) is 12.9. The minimum Gasteiger partial charge on any atom is -0.481 e. The second-order valence-electron chi connectivity index (χ2n) is 5.47. The van der Waals surface area contributed by atoms with Gasteiger partial charge in [-0.2, -0.15) is 9.97 Å². The Morgan fingerprint density at radius 3 is 2.38 bits per heavy atom. The lowest BCUT2D eigenvalue weighted by molar-refractivity contribution is -0.126. The molecule has 1 aromatic rings. The van der Waals surface area contributed by atoms with Crippen LogP contribution in [-0.4, -0.2) is 43.2 Å². The number of hydrogen-bond donors (Lipinski definition) is 2. The molecule has 1 aliphatic heterocycles. The molecule has 0 saturated carbocycles. The second kappa shape index (κ2) is 6.26. The molecule has 7 heteroatoms. The molecule has 2 heterocycles. The van der Waals surface area contributed by atoms with Crippen LogP contribution in [0.2, 0.25) is 0 Å². The molecule has 0 aromatic carbocycles. The summed E-state index contributed by atoms with van der Waals surface area (Å²) in [5.74, 6) is 1.04. The quantitative estimate of drug-likeness (QED) is 0.845. The third-order valence-electron chi connectivity index (χ3n) is 4.07. The topological polar surface area (TPSA) is 85.4 Å². The normalized spacial score (nSPS) is 21.4. The Hall–Kier alpha value is -1.89. The highest BCUT2D eigenvalue weighted by Crippen LogP contribution is 2.35. The van der Waals surface area contributed by atoms with Gasteiger partial charge in [0.2, 0.25) is 23.6 Å². The highest BCUT2D eigenvalue weighted by molar-refractivity contribution is 5.94. The summed E-state index contributed by atoms with van der Waals surface area (Å²) in [5, 5.41) is 6.05. The first-order chi connectivity index (χ1) is 10.0. The standard InChI is InChI=1S/C14H22N4O3/c1-9(2)14(5-6-15-8-14)12(19)18-13-16-10(20-3)7-11(17-13)21-4/h7,9,15H,5-6,8H2,1-4H3,(H,16,17,18,19). The molecule has 21 heavy (non-hydrogen) atoms. The maximum absolute atomic E-state index is 12.7. The van der Waals surface area contributed by atoms with Crippen LogP contribution < -0.4 is 20.1 Å². The maximum atomic E-state index is 12.7. The highest BCUT2D eigenvalue weighted by Gasteiger charge is 2.44. The van der Waals surface area contributed by atoms with Gasteiger partial charge in [-0.3, -0.25) is 10.1 Å². The SMILES string of the molecule is COc1cc(OC)nc(NC(=O)C2(C(C)C)CCNC2)n1. The van der Waals surface area contributed by atoms with Crippen LogP contribution in [-0.2, 0) is 4.79 Å². The number of amides is 1. The summed E-state index contributed by atoms with van der Waals surface area (Å²) in [5.41, 5.74) is -0.431. The van der Waals surface area contributed by atoms with Crippen LogP contribution in [0.5, 0.6) is 11.8 Å². The fourth-order valence-electron chi connectivity index (χ4n) is 2.56. The molecular weight excluding hydrogens is 272 g/mol. The van der Waals surface area contributed by atoms with Crippen LogP contribution >= 0.6 is 0 Å². The molecule has 0 bridgehead atoms. The first-order valence-corrected chi connectivity index (χ1v) is 7.01. The molecule has 1 aromatic heterocycles. The Bertz CT molecular complexity index is 491. The van der Waals surface area contributed by atoms with Gasteiger partial charge in [-0.15, -0.1) is 0 Å². The van der Waals surface area contributed by atoms with Crippen LogP contribution in [0, 0.1) is 11.3 Å². The molecule has 0 radical (unpaired) electrons. The predicted molar refractivity (Wildman–Crippen MR) is 78.5 cm³/mol. The van der Waals surface area contributed by atoms with Crippen LogP contribution in [0.15, 0.2) is 6.07 Å². The number of rotatable bonds is 5. The van der Waals surface area contributed by atoms with Gasteiger partial charge in [-0.1, -0.05) is 13.8 Å². The van der Waals surface area contributed by atoms with Crippen molar-refractivity contribution in [2.75, 3.05) is 32.6 Å². The van der Waals surface area contributed by atoms with Gasteiger partial charge in [0.05, 0.1) is 25.7 Å². The van der Waals surface area contributed by atoms with Crippen LogP contribution in [0.3, 0.4) is 0 Å². The summed E-state index contributed by atoms with van der Waals surface area (Å²) in [6.07, 6.45) is 0.803. The molecule has 116 valence electrons. The summed E-state index contributed by atoms with van der Waals surface area (Å²) >= 11 is 0. The number of nitrogens with zero attached hydrogens (tertiary/aromatic N) is 2. The molecule has 1 fully saturated rings. The van der Waals surface area contributed by atoms with E-state index in [9.17, 15) is 4.79 Å². The van der Waals surface area contributed by atoms with Crippen molar-refractivity contribution in [3.63, 3.8) is 0 Å². The van der Waals surface area contributed by atoms with E-state index < -0.39 is 5.41 Å². The molecule has 1 aliphatic rings. The smallest absolute Gasteiger partial charge is 0.236 e. The maximum Gasteiger partial charge on any atom is 0.236 e. The van der Waals surface area contributed by atoms with Crippen molar-refractivity contribution in [1.29, 1.82) is 0 Å². The lowest BCUT2D eigenvalue weighted by Gasteiger charge is -2.30. The van der Waals surface area contributed by atoms with Crippen LogP contribution in [0.4, 0.5) is 5.95 Å². The van der Waals surface area contributed by atoms with E-state index in [1.165, 1.54) is 14.2 Å². The van der Waals surface area contributed by atoms with E-state index in [2.05, 4.69) is 34.4 Å². The summed E-state index contributed by atoms with van der Waals surface area (Å²) in [4.78, 5) is 20.9. The number of carbonyl (C=O) groups is 1. The lowest BCUT2D eigenvalue weighted by Crippen LogP contribution is -2.42. The van der Waals surface area contributed by atoms with E-state index in [0.717, 1.165) is 13.0 Å². The second-order valence-corrected chi connectivity index (χ2v) is 5.47. The van der Waals surface area contributed by atoms with Crippen LogP contribution in [0.1, 0.15) is 20.3 Å². The fourth-order valence-corrected chi connectivity index (χ4v) is 2.56. The number of carbonyl (C=O) groups excluding carboxylic acids is 1. The Morgan fingerprint density at radius 1 is 1.33 bits per heavy atom. The van der Waals surface area contributed by atoms with Crippen molar-refractivity contribution in [1.82, 2.24) is 15.3 Å². The van der Waals surface area contributed by atoms with Crippen molar-refractivity contribution < 1.29 is 14.3 Å². The average Bonchev–Trinajstić information content (AvgIpc) is 2.97. The molecule has 1 atom stereocenters. The van der Waals surface area contributed by atoms with Gasteiger partial charge in [-0.05, 0) is 18.9 Å². The minimum absolute atomic E-state index is 0.0715. The van der Waals surface area contributed by atoms with Gasteiger partial charge in [0.25, 0.3) is 0 Å². The third kappa shape index (κ3) is 3.07. The molecule has 0 aliphatic carbocycles. The first-order valence-electron chi connectivity index (χ1n) is 7.01. The zero-order chi connectivity index (χ0) is 15.5. The summed E-state index contributed by atoms with van der Waals surface area (Å²) in [6, 6.07) is 1.56. The number of ether oxygens (including phenoxy) is 2. The monoisotopic (exact) mass is 294 g/mol. The van der Waals surface area contributed by atoms with Gasteiger partial charge >= 0.3 is 0 Å². The fraction of sp³-hybridized carbons (Fsp3) is 0.643. The number of aromatic nitrogens is 2. The summed E-state index contributed by atoms with van der Waals surface area (Å²) in [6.45, 7) is 5.62. The van der Waals surface area contributed by atoms with Crippen molar-refractivity contribution in [2.45, 2.75) is 20.3 Å². The molecule has 2 N–H and O–H groups in total. The van der Waals surface area contributed by atoms with Crippen molar-refractivity contribution >= 4 is 11.9 Å². The molecule has 1 amide bonds. The largest absolute Gasteiger partial charge is 0.481 e. The lowest BCUT2D eigenvalue weighted by atomic mass is 9.75. The Labute approximate surface area is 124 Å².